The molecule has 14 heteroatoms. The summed E-state index contributed by atoms with van der Waals surface area (Å²) >= 11 is 0. The largest absolute Gasteiger partial charge is 2.00 e. The van der Waals surface area contributed by atoms with Crippen molar-refractivity contribution in [2.75, 3.05) is 12.3 Å². The van der Waals surface area contributed by atoms with Crippen molar-refractivity contribution in [1.82, 2.24) is 19.5 Å². The number of nitrogens with two attached hydrogens (primary N) is 1. The fourth-order valence-corrected chi connectivity index (χ4v) is 2.65. The number of rotatable bonds is 4. The number of aromatic nitrogens is 4. The molecule has 1 aliphatic heterocycles. The summed E-state index contributed by atoms with van der Waals surface area (Å²) < 4.78 is 21.3. The summed E-state index contributed by atoms with van der Waals surface area (Å²) in [5.41, 5.74) is 6.19. The zero-order chi connectivity index (χ0) is 16.8. The second-order valence-electron chi connectivity index (χ2n) is 4.87. The van der Waals surface area contributed by atoms with Gasteiger partial charge in [-0.3, -0.25) is 4.57 Å². The van der Waals surface area contributed by atoms with Crippen LogP contribution in [0.15, 0.2) is 12.7 Å². The van der Waals surface area contributed by atoms with E-state index >= 15 is 0 Å². The Balaban J connectivity index is 0.00000208. The summed E-state index contributed by atoms with van der Waals surface area (Å²) in [5.74, 6) is 0.125. The van der Waals surface area contributed by atoms with Crippen molar-refractivity contribution in [2.24, 2.45) is 0 Å². The Hall–Kier alpha value is -1.14. The van der Waals surface area contributed by atoms with Crippen molar-refractivity contribution in [3.05, 3.63) is 12.7 Å². The van der Waals surface area contributed by atoms with Gasteiger partial charge in [-0.05, 0) is 0 Å². The SMILES string of the molecule is Nc1ncnc2c1ncn2[C@@H]1O[C@H](COP(=O)([O-])[O-])[C@@H](O)[C@H]1O.[Mn+2]. The van der Waals surface area contributed by atoms with Gasteiger partial charge in [-0.25, -0.2) is 15.0 Å². The number of imidazole rings is 1. The van der Waals surface area contributed by atoms with Crippen molar-refractivity contribution in [3.63, 3.8) is 0 Å². The molecule has 0 spiro atoms. The monoisotopic (exact) mass is 400 g/mol. The number of phosphoric acid groups is 1. The topological polar surface area (TPSA) is 192 Å². The molecule has 12 nitrogen and oxygen atoms in total. The number of anilines is 1. The van der Waals surface area contributed by atoms with Crippen LogP contribution in [0.4, 0.5) is 5.82 Å². The van der Waals surface area contributed by atoms with Crippen LogP contribution in [0.25, 0.3) is 11.2 Å². The molecule has 4 atom stereocenters. The first-order valence-electron chi connectivity index (χ1n) is 6.39. The third-order valence-corrected chi connectivity index (χ3v) is 3.86. The maximum absolute atomic E-state index is 10.5. The minimum absolute atomic E-state index is 0. The molecule has 0 unspecified atom stereocenters. The minimum Gasteiger partial charge on any atom is -0.790 e. The van der Waals surface area contributed by atoms with E-state index in [1.165, 1.54) is 17.2 Å². The molecule has 0 aromatic carbocycles. The van der Waals surface area contributed by atoms with Crippen molar-refractivity contribution < 1.29 is 50.9 Å². The van der Waals surface area contributed by atoms with E-state index in [4.69, 9.17) is 10.5 Å². The van der Waals surface area contributed by atoms with E-state index in [2.05, 4.69) is 19.5 Å². The number of phosphoric ester groups is 1. The van der Waals surface area contributed by atoms with Gasteiger partial charge in [0.1, 0.15) is 30.2 Å². The normalized spacial score (nSPS) is 27.3. The maximum atomic E-state index is 10.5. The van der Waals surface area contributed by atoms with Crippen LogP contribution in [0.3, 0.4) is 0 Å². The van der Waals surface area contributed by atoms with Gasteiger partial charge in [-0.15, -0.1) is 0 Å². The molecule has 2 aromatic heterocycles. The predicted molar refractivity (Wildman–Crippen MR) is 69.2 cm³/mol. The number of ether oxygens (including phenoxy) is 1. The van der Waals surface area contributed by atoms with Gasteiger partial charge in [0, 0.05) is 0 Å². The van der Waals surface area contributed by atoms with Crippen LogP contribution in [0.1, 0.15) is 6.23 Å². The van der Waals surface area contributed by atoms with Crippen LogP contribution in [-0.2, 0) is 30.9 Å². The molecule has 1 fully saturated rings. The zero-order valence-corrected chi connectivity index (χ0v) is 13.9. The van der Waals surface area contributed by atoms with Crippen LogP contribution >= 0.6 is 7.82 Å². The number of hydrogen-bond donors (Lipinski definition) is 3. The Bertz CT molecular complexity index is 769. The molecular weight excluding hydrogens is 388 g/mol. The van der Waals surface area contributed by atoms with Crippen molar-refractivity contribution in [2.45, 2.75) is 24.5 Å². The molecule has 0 bridgehead atoms. The summed E-state index contributed by atoms with van der Waals surface area (Å²) in [6, 6.07) is 0. The average Bonchev–Trinajstić information content (AvgIpc) is 3.01. The van der Waals surface area contributed by atoms with E-state index in [0.717, 1.165) is 0 Å². The minimum atomic E-state index is -5.22. The van der Waals surface area contributed by atoms with Crippen molar-refractivity contribution in [3.8, 4) is 0 Å². The Morgan fingerprint density at radius 2 is 2.04 bits per heavy atom. The molecule has 3 heterocycles. The average molecular weight is 400 g/mol. The Kier molecular flexibility index (Phi) is 5.60. The molecule has 131 valence electrons. The zero-order valence-electron chi connectivity index (χ0n) is 11.8. The van der Waals surface area contributed by atoms with Gasteiger partial charge >= 0.3 is 17.1 Å². The van der Waals surface area contributed by atoms with E-state index in [-0.39, 0.29) is 34.1 Å². The summed E-state index contributed by atoms with van der Waals surface area (Å²) in [5, 5.41) is 20.0. The Morgan fingerprint density at radius 3 is 2.71 bits per heavy atom. The second kappa shape index (κ2) is 7.00. The van der Waals surface area contributed by atoms with Gasteiger partial charge in [-0.2, -0.15) is 0 Å². The molecule has 2 aromatic rings. The van der Waals surface area contributed by atoms with Crippen molar-refractivity contribution in [1.29, 1.82) is 0 Å². The molecule has 1 saturated heterocycles. The number of aliphatic hydroxyl groups excluding tert-OH is 2. The van der Waals surface area contributed by atoms with E-state index in [0.29, 0.717) is 0 Å². The predicted octanol–water partition coefficient (Wildman–Crippen LogP) is -3.13. The van der Waals surface area contributed by atoms with Crippen LogP contribution in [-0.4, -0.2) is 54.7 Å². The number of nitrogens with zero attached hydrogens (tertiary/aromatic N) is 4. The van der Waals surface area contributed by atoms with E-state index in [1.807, 2.05) is 0 Å². The van der Waals surface area contributed by atoms with Gasteiger partial charge in [-0.1, -0.05) is 0 Å². The third kappa shape index (κ3) is 3.59. The number of nitrogen functional groups attached to an aromatic ring is 1. The van der Waals surface area contributed by atoms with Gasteiger partial charge < -0.3 is 39.6 Å². The van der Waals surface area contributed by atoms with Gasteiger partial charge in [0.05, 0.1) is 20.8 Å². The number of fused-ring (bicyclic) bond motifs is 1. The molecule has 3 rings (SSSR count). The Morgan fingerprint density at radius 1 is 1.33 bits per heavy atom. The summed E-state index contributed by atoms with van der Waals surface area (Å²) in [7, 11) is -5.22. The van der Waals surface area contributed by atoms with E-state index in [9.17, 15) is 24.6 Å². The summed E-state index contributed by atoms with van der Waals surface area (Å²) in [4.78, 5) is 32.8. The smallest absolute Gasteiger partial charge is 0.790 e. The first-order chi connectivity index (χ1) is 10.8. The molecule has 24 heavy (non-hydrogen) atoms. The fourth-order valence-electron chi connectivity index (χ4n) is 2.32. The molecular formula is C10H12MnN5O7P. The van der Waals surface area contributed by atoms with E-state index in [1.54, 1.807) is 0 Å². The first kappa shape index (κ1) is 19.2. The van der Waals surface area contributed by atoms with E-state index < -0.39 is 39.0 Å². The van der Waals surface area contributed by atoms with Gasteiger partial charge in [0.15, 0.2) is 17.7 Å². The second-order valence-corrected chi connectivity index (χ2v) is 6.02. The molecule has 0 aliphatic carbocycles. The number of aliphatic hydroxyl groups is 2. The van der Waals surface area contributed by atoms with Crippen LogP contribution in [0, 0.1) is 0 Å². The van der Waals surface area contributed by atoms with Gasteiger partial charge in [0.25, 0.3) is 0 Å². The molecule has 0 saturated carbocycles. The third-order valence-electron chi connectivity index (χ3n) is 3.40. The quantitative estimate of drug-likeness (QED) is 0.347. The Labute approximate surface area is 145 Å². The molecule has 1 aliphatic rings. The molecule has 1 radical (unpaired) electrons. The van der Waals surface area contributed by atoms with Gasteiger partial charge in [0.2, 0.25) is 0 Å². The first-order valence-corrected chi connectivity index (χ1v) is 7.85. The maximum Gasteiger partial charge on any atom is 2.00 e. The summed E-state index contributed by atoms with van der Waals surface area (Å²) in [6.45, 7) is -0.719. The summed E-state index contributed by atoms with van der Waals surface area (Å²) in [6.07, 6.45) is -2.75. The van der Waals surface area contributed by atoms with Crippen LogP contribution in [0.2, 0.25) is 0 Å². The number of hydrogen-bond acceptors (Lipinski definition) is 11. The van der Waals surface area contributed by atoms with Crippen molar-refractivity contribution >= 4 is 24.8 Å². The molecule has 4 N–H and O–H groups in total. The molecule has 0 amide bonds. The van der Waals surface area contributed by atoms with Crippen LogP contribution in [0.5, 0.6) is 0 Å². The standard InChI is InChI=1S/C10H14N5O7P.Mn/c11-8-5-9(13-2-12-8)15(3-14-5)10-7(17)6(16)4(22-10)1-21-23(18,19)20;/h2-4,6-7,10,16-17H,1H2,(H2,11,12,13)(H2,18,19,20);/q;+2/p-2/t4-,6-,7-,10-;/m1./s1. The van der Waals surface area contributed by atoms with Crippen LogP contribution < -0.4 is 15.5 Å². The fraction of sp³-hybridized carbons (Fsp3) is 0.500.